The molecule has 0 bridgehead atoms. The lowest BCUT2D eigenvalue weighted by Crippen LogP contribution is -2.27. The van der Waals surface area contributed by atoms with Gasteiger partial charge in [0.05, 0.1) is 14.2 Å². The smallest absolute Gasteiger partial charge is 0.481 e. The number of rotatable bonds is 4. The summed E-state index contributed by atoms with van der Waals surface area (Å²) in [7, 11) is 2.56. The van der Waals surface area contributed by atoms with Crippen LogP contribution in [0.3, 0.4) is 0 Å². The second kappa shape index (κ2) is 5.95. The number of carbonyl (C=O) groups is 1. The van der Waals surface area contributed by atoms with Gasteiger partial charge in [-0.1, -0.05) is 11.6 Å². The van der Waals surface area contributed by atoms with Gasteiger partial charge in [-0.25, -0.2) is 9.78 Å². The number of methoxy groups -OCH3 is 2. The van der Waals surface area contributed by atoms with Crippen LogP contribution in [0.1, 0.15) is 0 Å². The van der Waals surface area contributed by atoms with E-state index in [1.165, 1.54) is 20.4 Å². The number of hydrogen-bond acceptors (Lipinski definition) is 6. The van der Waals surface area contributed by atoms with E-state index in [2.05, 4.69) is 16.3 Å². The lowest BCUT2D eigenvalue weighted by Gasteiger charge is -2.22. The Kier molecular flexibility index (Phi) is 4.59. The fourth-order valence-electron chi connectivity index (χ4n) is 0.958. The quantitative estimate of drug-likeness (QED) is 0.358. The summed E-state index contributed by atoms with van der Waals surface area (Å²) in [6.45, 7) is 3.56. The summed E-state index contributed by atoms with van der Waals surface area (Å²) < 4.78 is 9.25. The van der Waals surface area contributed by atoms with Crippen molar-refractivity contribution in [1.82, 2.24) is 4.98 Å². The number of nitrogens with zero attached hydrogens (tertiary/aromatic N) is 2. The Morgan fingerprint density at radius 3 is 2.71 bits per heavy atom. The average molecular weight is 259 g/mol. The fourth-order valence-corrected chi connectivity index (χ4v) is 1.15. The predicted octanol–water partition coefficient (Wildman–Crippen LogP) is 2.36. The van der Waals surface area contributed by atoms with Crippen molar-refractivity contribution in [3.8, 4) is 0 Å². The number of hydroxylamine groups is 1. The van der Waals surface area contributed by atoms with Crippen LogP contribution in [-0.4, -0.2) is 25.4 Å². The van der Waals surface area contributed by atoms with Gasteiger partial charge >= 0.3 is 6.16 Å². The van der Waals surface area contributed by atoms with Crippen molar-refractivity contribution in [3.63, 3.8) is 0 Å². The van der Waals surface area contributed by atoms with Crippen LogP contribution >= 0.6 is 11.6 Å². The zero-order valence-electron chi connectivity index (χ0n) is 9.34. The number of anilines is 1. The molecule has 7 heteroatoms. The molecule has 0 fully saturated rings. The molecule has 0 saturated carbocycles. The Morgan fingerprint density at radius 2 is 2.18 bits per heavy atom. The lowest BCUT2D eigenvalue weighted by atomic mass is 10.4. The first-order chi connectivity index (χ1) is 8.10. The zero-order valence-corrected chi connectivity index (χ0v) is 10.1. The van der Waals surface area contributed by atoms with E-state index in [0.717, 1.165) is 5.06 Å². The molecular formula is C10H11ClN2O4. The lowest BCUT2D eigenvalue weighted by molar-refractivity contribution is 0.0548. The number of hydrogen-bond donors (Lipinski definition) is 0. The van der Waals surface area contributed by atoms with E-state index in [1.54, 1.807) is 12.1 Å². The molecular weight excluding hydrogens is 248 g/mol. The number of pyridine rings is 1. The van der Waals surface area contributed by atoms with Gasteiger partial charge in [0.25, 0.3) is 0 Å². The first kappa shape index (κ1) is 13.1. The van der Waals surface area contributed by atoms with Gasteiger partial charge < -0.3 is 9.47 Å². The standard InChI is InChI=1S/C10H11ClN2O4/c1-7(15-2)13(17-10(14)16-3)8-5-4-6-12-9(8)11/h4-6H,1H2,2-3H3. The van der Waals surface area contributed by atoms with Crippen LogP contribution in [0.25, 0.3) is 0 Å². The Bertz CT molecular complexity index is 425. The molecule has 92 valence electrons. The molecule has 0 spiro atoms. The molecule has 0 aliphatic rings. The van der Waals surface area contributed by atoms with Crippen molar-refractivity contribution < 1.29 is 19.1 Å². The van der Waals surface area contributed by atoms with Gasteiger partial charge in [-0.05, 0) is 18.7 Å². The van der Waals surface area contributed by atoms with Crippen LogP contribution in [-0.2, 0) is 14.3 Å². The van der Waals surface area contributed by atoms with Gasteiger partial charge in [-0.3, -0.25) is 4.84 Å². The van der Waals surface area contributed by atoms with Gasteiger partial charge in [0.15, 0.2) is 5.15 Å². The van der Waals surface area contributed by atoms with Crippen molar-refractivity contribution >= 4 is 23.4 Å². The minimum atomic E-state index is -0.928. The van der Waals surface area contributed by atoms with E-state index in [1.807, 2.05) is 0 Å². The Balaban J connectivity index is 3.02. The summed E-state index contributed by atoms with van der Waals surface area (Å²) in [5, 5.41) is 1.12. The van der Waals surface area contributed by atoms with Gasteiger partial charge in [-0.2, -0.15) is 0 Å². The minimum absolute atomic E-state index is 0.0605. The molecule has 0 radical (unpaired) electrons. The SMILES string of the molecule is C=C(OC)N(OC(=O)OC)c1cccnc1Cl. The molecule has 6 nitrogen and oxygen atoms in total. The maximum absolute atomic E-state index is 11.1. The van der Waals surface area contributed by atoms with E-state index in [9.17, 15) is 4.79 Å². The second-order valence-electron chi connectivity index (χ2n) is 2.75. The molecule has 0 N–H and O–H groups in total. The van der Waals surface area contributed by atoms with Gasteiger partial charge in [0.2, 0.25) is 5.88 Å². The average Bonchev–Trinajstić information content (AvgIpc) is 2.35. The molecule has 0 amide bonds. The van der Waals surface area contributed by atoms with Crippen molar-refractivity contribution in [2.75, 3.05) is 19.3 Å². The third-order valence-electron chi connectivity index (χ3n) is 1.75. The van der Waals surface area contributed by atoms with E-state index in [4.69, 9.17) is 21.2 Å². The molecule has 17 heavy (non-hydrogen) atoms. The maximum Gasteiger partial charge on any atom is 0.533 e. The van der Waals surface area contributed by atoms with E-state index < -0.39 is 6.16 Å². The summed E-state index contributed by atoms with van der Waals surface area (Å²) in [6, 6.07) is 3.21. The molecule has 1 heterocycles. The van der Waals surface area contributed by atoms with Gasteiger partial charge in [0, 0.05) is 6.20 Å². The molecule has 1 aromatic rings. The Morgan fingerprint density at radius 1 is 1.47 bits per heavy atom. The van der Waals surface area contributed by atoms with E-state index in [-0.39, 0.29) is 11.0 Å². The number of halogens is 1. The third-order valence-corrected chi connectivity index (χ3v) is 2.04. The van der Waals surface area contributed by atoms with Crippen molar-refractivity contribution in [3.05, 3.63) is 35.9 Å². The first-order valence-electron chi connectivity index (χ1n) is 4.49. The number of ether oxygens (including phenoxy) is 2. The molecule has 0 unspecified atom stereocenters. The molecule has 0 atom stereocenters. The molecule has 0 aliphatic carbocycles. The highest BCUT2D eigenvalue weighted by Gasteiger charge is 2.20. The first-order valence-corrected chi connectivity index (χ1v) is 4.87. The van der Waals surface area contributed by atoms with Crippen LogP contribution in [0.4, 0.5) is 10.5 Å². The third kappa shape index (κ3) is 3.25. The molecule has 0 aromatic carbocycles. The molecule has 0 saturated heterocycles. The van der Waals surface area contributed by atoms with Crippen molar-refractivity contribution in [2.45, 2.75) is 0 Å². The fraction of sp³-hybridized carbons (Fsp3) is 0.200. The van der Waals surface area contributed by atoms with Crippen LogP contribution in [0.2, 0.25) is 5.15 Å². The summed E-state index contributed by atoms with van der Waals surface area (Å²) >= 11 is 5.87. The van der Waals surface area contributed by atoms with E-state index in [0.29, 0.717) is 5.69 Å². The Hall–Kier alpha value is -1.95. The van der Waals surface area contributed by atoms with Crippen molar-refractivity contribution in [1.29, 1.82) is 0 Å². The summed E-state index contributed by atoms with van der Waals surface area (Å²) in [6.07, 6.45) is 0.570. The van der Waals surface area contributed by atoms with E-state index >= 15 is 0 Å². The van der Waals surface area contributed by atoms with Crippen LogP contribution in [0.15, 0.2) is 30.8 Å². The topological polar surface area (TPSA) is 60.9 Å². The molecule has 1 rings (SSSR count). The number of carbonyl (C=O) groups excluding carboxylic acids is 1. The molecule has 1 aromatic heterocycles. The summed E-state index contributed by atoms with van der Waals surface area (Å²) in [5.41, 5.74) is 0.311. The minimum Gasteiger partial charge on any atom is -0.481 e. The molecule has 0 aliphatic heterocycles. The van der Waals surface area contributed by atoms with Gasteiger partial charge in [0.1, 0.15) is 5.69 Å². The van der Waals surface area contributed by atoms with Crippen LogP contribution < -0.4 is 5.06 Å². The van der Waals surface area contributed by atoms with Crippen LogP contribution in [0.5, 0.6) is 0 Å². The largest absolute Gasteiger partial charge is 0.533 e. The maximum atomic E-state index is 11.1. The predicted molar refractivity (Wildman–Crippen MR) is 61.4 cm³/mol. The normalized spacial score (nSPS) is 9.35. The van der Waals surface area contributed by atoms with Crippen LogP contribution in [0, 0.1) is 0 Å². The Labute approximate surface area is 103 Å². The summed E-state index contributed by atoms with van der Waals surface area (Å²) in [5.74, 6) is 0.0605. The summed E-state index contributed by atoms with van der Waals surface area (Å²) in [4.78, 5) is 19.8. The number of aromatic nitrogens is 1. The highest BCUT2D eigenvalue weighted by Crippen LogP contribution is 2.26. The zero-order chi connectivity index (χ0) is 12.8. The second-order valence-corrected chi connectivity index (χ2v) is 3.11. The highest BCUT2D eigenvalue weighted by atomic mass is 35.5. The van der Waals surface area contributed by atoms with Gasteiger partial charge in [-0.15, -0.1) is 5.06 Å². The van der Waals surface area contributed by atoms with Crippen molar-refractivity contribution in [2.24, 2.45) is 0 Å². The highest BCUT2D eigenvalue weighted by molar-refractivity contribution is 6.32. The monoisotopic (exact) mass is 258 g/mol.